The Balaban J connectivity index is 0.00000288. The number of methoxy groups -OCH3 is 1. The van der Waals surface area contributed by atoms with Gasteiger partial charge in [0.05, 0.1) is 13.7 Å². The lowest BCUT2D eigenvalue weighted by Gasteiger charge is -2.24. The second-order valence-corrected chi connectivity index (χ2v) is 5.31. The normalized spacial score (nSPS) is 18.5. The zero-order chi connectivity index (χ0) is 16.7. The summed E-state index contributed by atoms with van der Waals surface area (Å²) in [6.07, 6.45) is 2.11. The molecule has 8 heteroatoms. The van der Waals surface area contributed by atoms with Crippen molar-refractivity contribution in [3.63, 3.8) is 0 Å². The predicted molar refractivity (Wildman–Crippen MR) is 102 cm³/mol. The van der Waals surface area contributed by atoms with E-state index in [0.717, 1.165) is 5.69 Å². The van der Waals surface area contributed by atoms with Gasteiger partial charge in [0.25, 0.3) is 0 Å². The highest BCUT2D eigenvalue weighted by molar-refractivity contribution is 5.85. The highest BCUT2D eigenvalue weighted by Gasteiger charge is 2.37. The van der Waals surface area contributed by atoms with E-state index in [9.17, 15) is 9.59 Å². The van der Waals surface area contributed by atoms with Gasteiger partial charge >= 0.3 is 11.9 Å². The van der Waals surface area contributed by atoms with Crippen molar-refractivity contribution in [2.24, 2.45) is 0 Å². The van der Waals surface area contributed by atoms with Crippen molar-refractivity contribution in [2.75, 3.05) is 31.7 Å². The molecule has 0 saturated carbocycles. The van der Waals surface area contributed by atoms with Gasteiger partial charge in [0, 0.05) is 18.3 Å². The van der Waals surface area contributed by atoms with Gasteiger partial charge in [-0.2, -0.15) is 0 Å². The highest BCUT2D eigenvalue weighted by atomic mass is 35.5. The first-order valence-electron chi connectivity index (χ1n) is 7.55. The number of carbonyl (C=O) groups excluding carboxylic acids is 2. The number of nitrogens with one attached hydrogen (secondary N) is 1. The second kappa shape index (κ2) is 11.7. The van der Waals surface area contributed by atoms with E-state index in [4.69, 9.17) is 9.47 Å². The quantitative estimate of drug-likeness (QED) is 0.566. The van der Waals surface area contributed by atoms with Crippen LogP contribution in [-0.4, -0.2) is 50.8 Å². The first-order chi connectivity index (χ1) is 11.2. The number of esters is 2. The predicted octanol–water partition coefficient (Wildman–Crippen LogP) is 1.97. The number of anilines is 1. The SMILES string of the molecule is C=CCOC(=O)CN[C@@H]1C[C@@H](C(=O)OC)N(c2ccccc2)C1.Cl.Cl. The summed E-state index contributed by atoms with van der Waals surface area (Å²) in [5.41, 5.74) is 0.960. The minimum atomic E-state index is -0.357. The molecule has 0 aliphatic carbocycles. The molecule has 2 atom stereocenters. The maximum absolute atomic E-state index is 12.0. The first-order valence-corrected chi connectivity index (χ1v) is 7.55. The summed E-state index contributed by atoms with van der Waals surface area (Å²) >= 11 is 0. The van der Waals surface area contributed by atoms with Crippen LogP contribution in [0.5, 0.6) is 0 Å². The summed E-state index contributed by atoms with van der Waals surface area (Å²) in [5, 5.41) is 3.14. The molecule has 1 saturated heterocycles. The summed E-state index contributed by atoms with van der Waals surface area (Å²) in [7, 11) is 1.39. The average Bonchev–Trinajstić information content (AvgIpc) is 3.02. The largest absolute Gasteiger partial charge is 0.467 e. The molecular weight excluding hydrogens is 367 g/mol. The zero-order valence-corrected chi connectivity index (χ0v) is 15.7. The maximum Gasteiger partial charge on any atom is 0.328 e. The Morgan fingerprint density at radius 1 is 1.32 bits per heavy atom. The van der Waals surface area contributed by atoms with E-state index in [1.54, 1.807) is 0 Å². The number of carbonyl (C=O) groups is 2. The summed E-state index contributed by atoms with van der Waals surface area (Å²) < 4.78 is 9.84. The van der Waals surface area contributed by atoms with E-state index in [0.29, 0.717) is 13.0 Å². The van der Waals surface area contributed by atoms with Crippen molar-refractivity contribution in [1.29, 1.82) is 0 Å². The molecule has 6 nitrogen and oxygen atoms in total. The molecule has 0 bridgehead atoms. The Morgan fingerprint density at radius 2 is 2.00 bits per heavy atom. The Hall–Kier alpha value is -1.76. The van der Waals surface area contributed by atoms with E-state index >= 15 is 0 Å². The van der Waals surface area contributed by atoms with Crippen LogP contribution in [0.4, 0.5) is 5.69 Å². The first kappa shape index (κ1) is 23.2. The number of rotatable bonds is 7. The van der Waals surface area contributed by atoms with E-state index in [1.807, 2.05) is 35.2 Å². The summed E-state index contributed by atoms with van der Waals surface area (Å²) in [6.45, 7) is 4.43. The lowest BCUT2D eigenvalue weighted by Crippen LogP contribution is -2.38. The second-order valence-electron chi connectivity index (χ2n) is 5.31. The number of hydrogen-bond acceptors (Lipinski definition) is 6. The van der Waals surface area contributed by atoms with Crippen LogP contribution >= 0.6 is 24.8 Å². The molecule has 1 aromatic rings. The van der Waals surface area contributed by atoms with E-state index in [1.165, 1.54) is 13.2 Å². The molecule has 1 aliphatic heterocycles. The topological polar surface area (TPSA) is 67.9 Å². The van der Waals surface area contributed by atoms with Gasteiger partial charge in [0.2, 0.25) is 0 Å². The lowest BCUT2D eigenvalue weighted by atomic mass is 10.1. The number of para-hydroxylation sites is 1. The molecule has 0 aromatic heterocycles. The van der Waals surface area contributed by atoms with Crippen LogP contribution in [0.3, 0.4) is 0 Å². The van der Waals surface area contributed by atoms with Crippen molar-refractivity contribution in [3.8, 4) is 0 Å². The van der Waals surface area contributed by atoms with Gasteiger partial charge in [-0.05, 0) is 18.6 Å². The third kappa shape index (κ3) is 6.57. The van der Waals surface area contributed by atoms with E-state index < -0.39 is 0 Å². The zero-order valence-electron chi connectivity index (χ0n) is 14.1. The van der Waals surface area contributed by atoms with Gasteiger partial charge < -0.3 is 19.7 Å². The summed E-state index contributed by atoms with van der Waals surface area (Å²) in [5.74, 6) is -0.606. The van der Waals surface area contributed by atoms with Crippen LogP contribution in [0.2, 0.25) is 0 Å². The molecule has 1 aliphatic rings. The van der Waals surface area contributed by atoms with Crippen LogP contribution < -0.4 is 10.2 Å². The number of benzene rings is 1. The molecule has 1 N–H and O–H groups in total. The highest BCUT2D eigenvalue weighted by Crippen LogP contribution is 2.26. The molecule has 2 rings (SSSR count). The molecule has 0 unspecified atom stereocenters. The number of hydrogen-bond donors (Lipinski definition) is 1. The molecule has 140 valence electrons. The minimum Gasteiger partial charge on any atom is -0.467 e. The van der Waals surface area contributed by atoms with Crippen molar-refractivity contribution in [1.82, 2.24) is 5.32 Å². The fourth-order valence-electron chi connectivity index (χ4n) is 2.68. The molecule has 25 heavy (non-hydrogen) atoms. The third-order valence-corrected chi connectivity index (χ3v) is 3.76. The third-order valence-electron chi connectivity index (χ3n) is 3.76. The molecule has 0 radical (unpaired) electrons. The average molecular weight is 391 g/mol. The molecule has 0 spiro atoms. The summed E-state index contributed by atoms with van der Waals surface area (Å²) in [4.78, 5) is 25.6. The maximum atomic E-state index is 12.0. The Bertz CT molecular complexity index is 557. The van der Waals surface area contributed by atoms with Gasteiger partial charge in [-0.15, -0.1) is 24.8 Å². The van der Waals surface area contributed by atoms with Crippen molar-refractivity contribution >= 4 is 42.4 Å². The Kier molecular flexibility index (Phi) is 10.9. The fraction of sp³-hybridized carbons (Fsp3) is 0.412. The van der Waals surface area contributed by atoms with Gasteiger partial charge in [0.15, 0.2) is 0 Å². The van der Waals surface area contributed by atoms with Gasteiger partial charge in [-0.1, -0.05) is 30.9 Å². The molecule has 0 amide bonds. The van der Waals surface area contributed by atoms with Crippen LogP contribution in [0.25, 0.3) is 0 Å². The van der Waals surface area contributed by atoms with Crippen molar-refractivity contribution in [3.05, 3.63) is 43.0 Å². The summed E-state index contributed by atoms with van der Waals surface area (Å²) in [6, 6.07) is 9.35. The molecular formula is C17H24Cl2N2O4. The van der Waals surface area contributed by atoms with Crippen molar-refractivity contribution < 1.29 is 19.1 Å². The van der Waals surface area contributed by atoms with Crippen LogP contribution in [0, 0.1) is 0 Å². The Morgan fingerprint density at radius 3 is 2.60 bits per heavy atom. The number of halogens is 2. The fourth-order valence-corrected chi connectivity index (χ4v) is 2.68. The van der Waals surface area contributed by atoms with Gasteiger partial charge in [0.1, 0.15) is 12.6 Å². The molecule has 1 fully saturated rings. The molecule has 1 heterocycles. The lowest BCUT2D eigenvalue weighted by molar-refractivity contribution is -0.142. The smallest absolute Gasteiger partial charge is 0.328 e. The monoisotopic (exact) mass is 390 g/mol. The van der Waals surface area contributed by atoms with E-state index in [2.05, 4.69) is 11.9 Å². The van der Waals surface area contributed by atoms with Crippen molar-refractivity contribution in [2.45, 2.75) is 18.5 Å². The Labute approximate surface area is 160 Å². The van der Waals surface area contributed by atoms with Crippen LogP contribution in [-0.2, 0) is 19.1 Å². The van der Waals surface area contributed by atoms with E-state index in [-0.39, 0.29) is 62.0 Å². The van der Waals surface area contributed by atoms with Crippen LogP contribution in [0.1, 0.15) is 6.42 Å². The number of nitrogens with zero attached hydrogens (tertiary/aromatic N) is 1. The molecule has 1 aromatic carbocycles. The van der Waals surface area contributed by atoms with Crippen LogP contribution in [0.15, 0.2) is 43.0 Å². The van der Waals surface area contributed by atoms with Gasteiger partial charge in [-0.25, -0.2) is 4.79 Å². The minimum absolute atomic E-state index is 0. The van der Waals surface area contributed by atoms with Gasteiger partial charge in [-0.3, -0.25) is 4.79 Å². The standard InChI is InChI=1S/C17H22N2O4.2ClH/c1-3-9-23-16(20)11-18-13-10-15(17(21)22-2)19(12-13)14-7-5-4-6-8-14;;/h3-8,13,15,18H,1,9-12H2,2H3;2*1H/t13-,15+;;/m1../s1. The number of ether oxygens (including phenoxy) is 2.